The summed E-state index contributed by atoms with van der Waals surface area (Å²) >= 11 is 0. The molecule has 0 N–H and O–H groups in total. The summed E-state index contributed by atoms with van der Waals surface area (Å²) in [5.41, 5.74) is 3.52. The fourth-order valence-electron chi connectivity index (χ4n) is 4.39. The van der Waals surface area contributed by atoms with Crippen molar-refractivity contribution in [3.63, 3.8) is 0 Å². The number of carbonyl (C=O) groups excluding carboxylic acids is 1. The monoisotopic (exact) mass is 467 g/mol. The van der Waals surface area contributed by atoms with Gasteiger partial charge in [-0.25, -0.2) is 4.98 Å². The van der Waals surface area contributed by atoms with Crippen LogP contribution in [0.1, 0.15) is 63.0 Å². The van der Waals surface area contributed by atoms with E-state index in [0.29, 0.717) is 29.7 Å². The number of amides is 1. The van der Waals surface area contributed by atoms with E-state index < -0.39 is 6.04 Å². The van der Waals surface area contributed by atoms with Gasteiger partial charge in [-0.2, -0.15) is 0 Å². The predicted molar refractivity (Wildman–Crippen MR) is 142 cm³/mol. The van der Waals surface area contributed by atoms with Crippen LogP contribution in [-0.2, 0) is 17.8 Å². The SMILES string of the molecule is CCCCC(=O)N(Cc1ccccc1)C(C)c1nc2ccccc2c(=O)n1-c1ccc(CC)cc1. The van der Waals surface area contributed by atoms with E-state index in [2.05, 4.69) is 13.8 Å². The van der Waals surface area contributed by atoms with Gasteiger partial charge in [0.05, 0.1) is 22.6 Å². The number of carbonyl (C=O) groups is 1. The molecule has 0 saturated heterocycles. The molecule has 1 amide bonds. The molecular weight excluding hydrogens is 434 g/mol. The summed E-state index contributed by atoms with van der Waals surface area (Å²) in [6.07, 6.45) is 3.16. The van der Waals surface area contributed by atoms with Crippen LogP contribution in [0.15, 0.2) is 83.7 Å². The largest absolute Gasteiger partial charge is 0.328 e. The molecule has 0 saturated carbocycles. The number of rotatable bonds is 9. The minimum atomic E-state index is -0.400. The summed E-state index contributed by atoms with van der Waals surface area (Å²) < 4.78 is 1.68. The number of unbranched alkanes of at least 4 members (excludes halogenated alkanes) is 1. The maximum atomic E-state index is 13.8. The Kier molecular flexibility index (Phi) is 7.76. The number of para-hydroxylation sites is 1. The number of aromatic nitrogens is 2. The highest BCUT2D eigenvalue weighted by molar-refractivity contribution is 5.79. The zero-order valence-electron chi connectivity index (χ0n) is 20.8. The summed E-state index contributed by atoms with van der Waals surface area (Å²) in [7, 11) is 0. The molecule has 4 aromatic rings. The number of nitrogens with zero attached hydrogens (tertiary/aromatic N) is 3. The first-order valence-corrected chi connectivity index (χ1v) is 12.5. The fraction of sp³-hybridized carbons (Fsp3) is 0.300. The Morgan fingerprint density at radius 1 is 0.914 bits per heavy atom. The molecule has 0 bridgehead atoms. The number of hydrogen-bond acceptors (Lipinski definition) is 3. The molecule has 1 heterocycles. The molecule has 180 valence electrons. The lowest BCUT2D eigenvalue weighted by Gasteiger charge is -2.31. The Labute approximate surface area is 207 Å². The van der Waals surface area contributed by atoms with Crippen molar-refractivity contribution in [2.45, 2.75) is 59.0 Å². The van der Waals surface area contributed by atoms with E-state index in [0.717, 1.165) is 30.5 Å². The Hall–Kier alpha value is -3.73. The van der Waals surface area contributed by atoms with E-state index in [1.807, 2.05) is 90.7 Å². The van der Waals surface area contributed by atoms with Crippen LogP contribution in [-0.4, -0.2) is 20.4 Å². The van der Waals surface area contributed by atoms with E-state index in [9.17, 15) is 9.59 Å². The summed E-state index contributed by atoms with van der Waals surface area (Å²) in [4.78, 5) is 34.0. The van der Waals surface area contributed by atoms with Gasteiger partial charge < -0.3 is 4.90 Å². The van der Waals surface area contributed by atoms with E-state index in [1.165, 1.54) is 5.56 Å². The van der Waals surface area contributed by atoms with Crippen LogP contribution in [0.4, 0.5) is 0 Å². The van der Waals surface area contributed by atoms with Crippen LogP contribution >= 0.6 is 0 Å². The standard InChI is InChI=1S/C30H33N3O2/c1-4-6-16-28(34)32(21-24-12-8-7-9-13-24)22(3)29-31-27-15-11-10-14-26(27)30(35)33(29)25-19-17-23(5-2)18-20-25/h7-15,17-20,22H,4-6,16,21H2,1-3H3. The van der Waals surface area contributed by atoms with Crippen molar-refractivity contribution in [2.24, 2.45) is 0 Å². The van der Waals surface area contributed by atoms with Gasteiger partial charge in [-0.1, -0.05) is 74.9 Å². The van der Waals surface area contributed by atoms with E-state index in [4.69, 9.17) is 4.98 Å². The number of fused-ring (bicyclic) bond motifs is 1. The van der Waals surface area contributed by atoms with Crippen molar-refractivity contribution < 1.29 is 4.79 Å². The smallest absolute Gasteiger partial charge is 0.266 e. The van der Waals surface area contributed by atoms with E-state index in [1.54, 1.807) is 4.57 Å². The first kappa shape index (κ1) is 24.4. The maximum Gasteiger partial charge on any atom is 0.266 e. The van der Waals surface area contributed by atoms with Crippen LogP contribution in [0, 0.1) is 0 Å². The molecule has 3 aromatic carbocycles. The lowest BCUT2D eigenvalue weighted by atomic mass is 10.1. The lowest BCUT2D eigenvalue weighted by molar-refractivity contribution is -0.134. The molecule has 0 aliphatic heterocycles. The summed E-state index contributed by atoms with van der Waals surface area (Å²) in [5, 5.41) is 0.565. The Bertz CT molecular complexity index is 1340. The van der Waals surface area contributed by atoms with Gasteiger partial charge in [0, 0.05) is 13.0 Å². The lowest BCUT2D eigenvalue weighted by Crippen LogP contribution is -2.37. The molecule has 4 rings (SSSR count). The minimum Gasteiger partial charge on any atom is -0.328 e. The van der Waals surface area contributed by atoms with Crippen LogP contribution in [0.3, 0.4) is 0 Å². The minimum absolute atomic E-state index is 0.0680. The van der Waals surface area contributed by atoms with Gasteiger partial charge in [0.1, 0.15) is 5.82 Å². The van der Waals surface area contributed by atoms with Gasteiger partial charge in [-0.05, 0) is 55.2 Å². The third-order valence-electron chi connectivity index (χ3n) is 6.51. The Balaban J connectivity index is 1.87. The molecule has 5 nitrogen and oxygen atoms in total. The second-order valence-corrected chi connectivity index (χ2v) is 8.93. The topological polar surface area (TPSA) is 55.2 Å². The van der Waals surface area contributed by atoms with Crippen molar-refractivity contribution in [2.75, 3.05) is 0 Å². The number of hydrogen-bond donors (Lipinski definition) is 0. The van der Waals surface area contributed by atoms with Crippen LogP contribution in [0.5, 0.6) is 0 Å². The Morgan fingerprint density at radius 2 is 1.60 bits per heavy atom. The van der Waals surface area contributed by atoms with Crippen molar-refractivity contribution in [3.8, 4) is 5.69 Å². The van der Waals surface area contributed by atoms with Crippen molar-refractivity contribution in [3.05, 3.63) is 106 Å². The molecular formula is C30H33N3O2. The van der Waals surface area contributed by atoms with Gasteiger partial charge in [0.25, 0.3) is 5.56 Å². The highest BCUT2D eigenvalue weighted by Crippen LogP contribution is 2.26. The van der Waals surface area contributed by atoms with Gasteiger partial charge in [0.15, 0.2) is 0 Å². The predicted octanol–water partition coefficient (Wildman–Crippen LogP) is 6.23. The van der Waals surface area contributed by atoms with Crippen LogP contribution in [0.2, 0.25) is 0 Å². The van der Waals surface area contributed by atoms with Crippen molar-refractivity contribution in [1.82, 2.24) is 14.5 Å². The third-order valence-corrected chi connectivity index (χ3v) is 6.51. The molecule has 1 unspecified atom stereocenters. The second kappa shape index (κ2) is 11.1. The zero-order chi connectivity index (χ0) is 24.8. The van der Waals surface area contributed by atoms with Gasteiger partial charge >= 0.3 is 0 Å². The second-order valence-electron chi connectivity index (χ2n) is 8.93. The number of aryl methyl sites for hydroxylation is 1. The van der Waals surface area contributed by atoms with Crippen LogP contribution in [0.25, 0.3) is 16.6 Å². The molecule has 0 fully saturated rings. The molecule has 35 heavy (non-hydrogen) atoms. The molecule has 0 spiro atoms. The summed E-state index contributed by atoms with van der Waals surface area (Å²) in [6.45, 7) is 6.62. The first-order chi connectivity index (χ1) is 17.0. The summed E-state index contributed by atoms with van der Waals surface area (Å²) in [6, 6.07) is 25.0. The van der Waals surface area contributed by atoms with Gasteiger partial charge in [0.2, 0.25) is 5.91 Å². The van der Waals surface area contributed by atoms with E-state index >= 15 is 0 Å². The summed E-state index contributed by atoms with van der Waals surface area (Å²) in [5.74, 6) is 0.636. The fourth-order valence-corrected chi connectivity index (χ4v) is 4.39. The maximum absolute atomic E-state index is 13.8. The third kappa shape index (κ3) is 5.35. The zero-order valence-corrected chi connectivity index (χ0v) is 20.8. The normalized spacial score (nSPS) is 12.0. The molecule has 0 aliphatic carbocycles. The van der Waals surface area contributed by atoms with Crippen molar-refractivity contribution in [1.29, 1.82) is 0 Å². The highest BCUT2D eigenvalue weighted by atomic mass is 16.2. The average Bonchev–Trinajstić information content (AvgIpc) is 2.90. The van der Waals surface area contributed by atoms with Gasteiger partial charge in [-0.3, -0.25) is 14.2 Å². The molecule has 1 aromatic heterocycles. The first-order valence-electron chi connectivity index (χ1n) is 12.5. The molecule has 5 heteroatoms. The Morgan fingerprint density at radius 3 is 2.29 bits per heavy atom. The number of benzene rings is 3. The highest BCUT2D eigenvalue weighted by Gasteiger charge is 2.26. The van der Waals surface area contributed by atoms with Crippen LogP contribution < -0.4 is 5.56 Å². The van der Waals surface area contributed by atoms with Crippen molar-refractivity contribution >= 4 is 16.8 Å². The molecule has 1 atom stereocenters. The molecule has 0 aliphatic rings. The van der Waals surface area contributed by atoms with E-state index in [-0.39, 0.29) is 11.5 Å². The molecule has 0 radical (unpaired) electrons. The average molecular weight is 468 g/mol. The van der Waals surface area contributed by atoms with Gasteiger partial charge in [-0.15, -0.1) is 0 Å². The quantitative estimate of drug-likeness (QED) is 0.293.